The molecule has 0 atom stereocenters. The van der Waals surface area contributed by atoms with Crippen molar-refractivity contribution >= 4 is 15.8 Å². The standard InChI is InChI=1S/C19H15NO4S/c21-19(22)17-9-8-14(11-18(17)15-5-2-1-3-6-15)13-25(23,24)16-7-4-10-20-12-16/h1-12H,13H2,(H,21,22). The number of carboxylic acid groups (broad SMARTS) is 1. The fourth-order valence-electron chi connectivity index (χ4n) is 2.56. The molecule has 1 heterocycles. The van der Waals surface area contributed by atoms with E-state index in [1.165, 1.54) is 30.6 Å². The van der Waals surface area contributed by atoms with Crippen molar-refractivity contribution in [2.24, 2.45) is 0 Å². The van der Waals surface area contributed by atoms with Crippen LogP contribution in [0.4, 0.5) is 0 Å². The first-order valence-corrected chi connectivity index (χ1v) is 9.17. The van der Waals surface area contributed by atoms with Gasteiger partial charge < -0.3 is 5.11 Å². The van der Waals surface area contributed by atoms with E-state index in [9.17, 15) is 18.3 Å². The third-order valence-corrected chi connectivity index (χ3v) is 5.42. The third-order valence-electron chi connectivity index (χ3n) is 3.75. The van der Waals surface area contributed by atoms with Gasteiger partial charge in [-0.05, 0) is 41.0 Å². The van der Waals surface area contributed by atoms with Crippen molar-refractivity contribution in [3.63, 3.8) is 0 Å². The zero-order chi connectivity index (χ0) is 17.9. The monoisotopic (exact) mass is 353 g/mol. The van der Waals surface area contributed by atoms with Gasteiger partial charge in [0.1, 0.15) is 0 Å². The van der Waals surface area contributed by atoms with Crippen LogP contribution in [-0.2, 0) is 15.6 Å². The summed E-state index contributed by atoms with van der Waals surface area (Å²) in [5, 5.41) is 9.40. The molecule has 0 unspecified atom stereocenters. The molecule has 25 heavy (non-hydrogen) atoms. The van der Waals surface area contributed by atoms with E-state index in [4.69, 9.17) is 0 Å². The van der Waals surface area contributed by atoms with E-state index in [2.05, 4.69) is 4.98 Å². The van der Waals surface area contributed by atoms with Crippen LogP contribution in [0.2, 0.25) is 0 Å². The van der Waals surface area contributed by atoms with Crippen LogP contribution in [0.15, 0.2) is 78.0 Å². The average Bonchev–Trinajstić information content (AvgIpc) is 2.62. The average molecular weight is 353 g/mol. The summed E-state index contributed by atoms with van der Waals surface area (Å²) in [5.74, 6) is -1.28. The Morgan fingerprint density at radius 3 is 2.40 bits per heavy atom. The summed E-state index contributed by atoms with van der Waals surface area (Å²) in [6.45, 7) is 0. The van der Waals surface area contributed by atoms with Crippen molar-refractivity contribution in [1.29, 1.82) is 0 Å². The summed E-state index contributed by atoms with van der Waals surface area (Å²) in [6.07, 6.45) is 2.81. The quantitative estimate of drug-likeness (QED) is 0.760. The highest BCUT2D eigenvalue weighted by molar-refractivity contribution is 7.90. The SMILES string of the molecule is O=C(O)c1ccc(CS(=O)(=O)c2cccnc2)cc1-c1ccccc1. The van der Waals surface area contributed by atoms with Gasteiger partial charge in [-0.15, -0.1) is 0 Å². The van der Waals surface area contributed by atoms with E-state index in [0.29, 0.717) is 11.1 Å². The summed E-state index contributed by atoms with van der Waals surface area (Å²) in [6, 6.07) is 16.7. The molecule has 0 saturated heterocycles. The number of rotatable bonds is 5. The Labute approximate surface area is 145 Å². The van der Waals surface area contributed by atoms with E-state index in [1.54, 1.807) is 36.4 Å². The summed E-state index contributed by atoms with van der Waals surface area (Å²) in [5.41, 5.74) is 1.87. The predicted octanol–water partition coefficient (Wildman–Crippen LogP) is 3.42. The molecule has 0 aliphatic rings. The lowest BCUT2D eigenvalue weighted by atomic mass is 9.98. The molecule has 0 amide bonds. The first-order valence-electron chi connectivity index (χ1n) is 7.52. The van der Waals surface area contributed by atoms with Gasteiger partial charge in [-0.2, -0.15) is 0 Å². The first-order chi connectivity index (χ1) is 12.0. The van der Waals surface area contributed by atoms with Crippen LogP contribution in [0.1, 0.15) is 15.9 Å². The number of hydrogen-bond acceptors (Lipinski definition) is 4. The van der Waals surface area contributed by atoms with Crippen molar-refractivity contribution in [3.8, 4) is 11.1 Å². The highest BCUT2D eigenvalue weighted by atomic mass is 32.2. The lowest BCUT2D eigenvalue weighted by molar-refractivity contribution is 0.0697. The van der Waals surface area contributed by atoms with Crippen LogP contribution in [0, 0.1) is 0 Å². The van der Waals surface area contributed by atoms with Gasteiger partial charge in [-0.3, -0.25) is 4.98 Å². The smallest absolute Gasteiger partial charge is 0.336 e. The number of sulfone groups is 1. The Bertz CT molecular complexity index is 1000. The summed E-state index contributed by atoms with van der Waals surface area (Å²) >= 11 is 0. The number of aromatic carboxylic acids is 1. The minimum atomic E-state index is -3.56. The Morgan fingerprint density at radius 1 is 1.00 bits per heavy atom. The molecule has 3 aromatic rings. The number of pyridine rings is 1. The lowest BCUT2D eigenvalue weighted by Crippen LogP contribution is -2.07. The summed E-state index contributed by atoms with van der Waals surface area (Å²) < 4.78 is 25.0. The number of nitrogens with zero attached hydrogens (tertiary/aromatic N) is 1. The number of carboxylic acids is 1. The van der Waals surface area contributed by atoms with Crippen molar-refractivity contribution < 1.29 is 18.3 Å². The molecule has 0 fully saturated rings. The zero-order valence-electron chi connectivity index (χ0n) is 13.2. The molecule has 0 spiro atoms. The van der Waals surface area contributed by atoms with Crippen LogP contribution >= 0.6 is 0 Å². The van der Waals surface area contributed by atoms with Crippen LogP contribution in [-0.4, -0.2) is 24.5 Å². The minimum absolute atomic E-state index is 0.133. The first kappa shape index (κ1) is 16.9. The van der Waals surface area contributed by atoms with Gasteiger partial charge >= 0.3 is 5.97 Å². The van der Waals surface area contributed by atoms with E-state index in [0.717, 1.165) is 5.56 Å². The maximum Gasteiger partial charge on any atom is 0.336 e. The summed E-state index contributed by atoms with van der Waals surface area (Å²) in [7, 11) is -3.56. The van der Waals surface area contributed by atoms with Gasteiger partial charge in [0.15, 0.2) is 9.84 Å². The van der Waals surface area contributed by atoms with Crippen LogP contribution in [0.5, 0.6) is 0 Å². The second-order valence-electron chi connectivity index (χ2n) is 5.50. The molecule has 1 aromatic heterocycles. The molecule has 126 valence electrons. The van der Waals surface area contributed by atoms with Crippen LogP contribution in [0.25, 0.3) is 11.1 Å². The predicted molar refractivity (Wildman–Crippen MR) is 94.0 cm³/mol. The van der Waals surface area contributed by atoms with Gasteiger partial charge in [0.2, 0.25) is 0 Å². The molecule has 0 radical (unpaired) electrons. The van der Waals surface area contributed by atoms with Crippen LogP contribution in [0.3, 0.4) is 0 Å². The van der Waals surface area contributed by atoms with Gasteiger partial charge in [-0.1, -0.05) is 36.4 Å². The fourth-order valence-corrected chi connectivity index (χ4v) is 3.85. The van der Waals surface area contributed by atoms with Crippen molar-refractivity contribution in [3.05, 3.63) is 84.2 Å². The molecule has 0 saturated carbocycles. The molecular weight excluding hydrogens is 338 g/mol. The number of carbonyl (C=O) groups is 1. The minimum Gasteiger partial charge on any atom is -0.478 e. The van der Waals surface area contributed by atoms with Gasteiger partial charge in [-0.25, -0.2) is 13.2 Å². The molecule has 0 bridgehead atoms. The molecule has 3 rings (SSSR count). The molecule has 0 aliphatic heterocycles. The van der Waals surface area contributed by atoms with Crippen molar-refractivity contribution in [1.82, 2.24) is 4.98 Å². The molecule has 2 aromatic carbocycles. The van der Waals surface area contributed by atoms with E-state index >= 15 is 0 Å². The highest BCUT2D eigenvalue weighted by Crippen LogP contribution is 2.27. The van der Waals surface area contributed by atoms with Gasteiger partial charge in [0.05, 0.1) is 16.2 Å². The largest absolute Gasteiger partial charge is 0.478 e. The normalized spacial score (nSPS) is 11.2. The van der Waals surface area contributed by atoms with Crippen LogP contribution < -0.4 is 0 Å². The Kier molecular flexibility index (Phi) is 4.63. The highest BCUT2D eigenvalue weighted by Gasteiger charge is 2.18. The third kappa shape index (κ3) is 3.75. The zero-order valence-corrected chi connectivity index (χ0v) is 14.0. The van der Waals surface area contributed by atoms with E-state index < -0.39 is 15.8 Å². The maximum atomic E-state index is 12.5. The molecule has 5 nitrogen and oxygen atoms in total. The maximum absolute atomic E-state index is 12.5. The second kappa shape index (κ2) is 6.86. The molecule has 1 N–H and O–H groups in total. The second-order valence-corrected chi connectivity index (χ2v) is 7.49. The van der Waals surface area contributed by atoms with Gasteiger partial charge in [0.25, 0.3) is 0 Å². The topological polar surface area (TPSA) is 84.3 Å². The number of benzene rings is 2. The Balaban J connectivity index is 2.03. The van der Waals surface area contributed by atoms with Crippen molar-refractivity contribution in [2.45, 2.75) is 10.6 Å². The Hall–Kier alpha value is -2.99. The number of hydrogen-bond donors (Lipinski definition) is 1. The fraction of sp³-hybridized carbons (Fsp3) is 0.0526. The summed E-state index contributed by atoms with van der Waals surface area (Å²) in [4.78, 5) is 15.5. The molecule has 0 aliphatic carbocycles. The molecule has 6 heteroatoms. The van der Waals surface area contributed by atoms with Gasteiger partial charge in [0, 0.05) is 12.4 Å². The van der Waals surface area contributed by atoms with Crippen molar-refractivity contribution in [2.75, 3.05) is 0 Å². The van der Waals surface area contributed by atoms with E-state index in [1.807, 2.05) is 6.07 Å². The number of aromatic nitrogens is 1. The lowest BCUT2D eigenvalue weighted by Gasteiger charge is -2.10. The van der Waals surface area contributed by atoms with E-state index in [-0.39, 0.29) is 16.2 Å². The molecular formula is C19H15NO4S. The Morgan fingerprint density at radius 2 is 1.76 bits per heavy atom.